The second-order valence-corrected chi connectivity index (χ2v) is 4.98. The van der Waals surface area contributed by atoms with E-state index in [0.29, 0.717) is 11.5 Å². The van der Waals surface area contributed by atoms with Gasteiger partial charge in [-0.3, -0.25) is 4.79 Å². The molecule has 0 bridgehead atoms. The zero-order chi connectivity index (χ0) is 13.2. The minimum absolute atomic E-state index is 0.422. The van der Waals surface area contributed by atoms with Gasteiger partial charge in [0.05, 0.1) is 11.5 Å². The molecule has 2 atom stereocenters. The Labute approximate surface area is 102 Å². The molecule has 0 radical (unpaired) electrons. The van der Waals surface area contributed by atoms with E-state index >= 15 is 0 Å². The van der Waals surface area contributed by atoms with Crippen LogP contribution in [0.5, 0.6) is 0 Å². The van der Waals surface area contributed by atoms with E-state index in [4.69, 9.17) is 5.11 Å². The third-order valence-electron chi connectivity index (χ3n) is 3.38. The average Bonchev–Trinajstić information content (AvgIpc) is 2.27. The number of carboxylic acid groups (broad SMARTS) is 1. The Hall–Kier alpha value is -1.35. The van der Waals surface area contributed by atoms with Gasteiger partial charge < -0.3 is 10.2 Å². The second kappa shape index (κ2) is 4.88. The Balaban J connectivity index is 3.03. The molecule has 17 heavy (non-hydrogen) atoms. The summed E-state index contributed by atoms with van der Waals surface area (Å²) in [6.07, 6.45) is 0. The summed E-state index contributed by atoms with van der Waals surface area (Å²) < 4.78 is 0. The Morgan fingerprint density at radius 1 is 1.18 bits per heavy atom. The molecule has 0 fully saturated rings. The van der Waals surface area contributed by atoms with Crippen LogP contribution in [-0.2, 0) is 10.4 Å². The van der Waals surface area contributed by atoms with Crippen LogP contribution >= 0.6 is 0 Å². The quantitative estimate of drug-likeness (QED) is 0.845. The highest BCUT2D eigenvalue weighted by Crippen LogP contribution is 2.30. The summed E-state index contributed by atoms with van der Waals surface area (Å²) in [5.74, 6) is -1.42. The molecule has 94 valence electrons. The molecule has 3 nitrogen and oxygen atoms in total. The van der Waals surface area contributed by atoms with Gasteiger partial charge in [-0.15, -0.1) is 0 Å². The summed E-state index contributed by atoms with van der Waals surface area (Å²) in [7, 11) is 0. The van der Waals surface area contributed by atoms with Crippen LogP contribution in [0.15, 0.2) is 24.3 Å². The van der Waals surface area contributed by atoms with E-state index in [-0.39, 0.29) is 0 Å². The molecule has 0 aliphatic carbocycles. The minimum Gasteiger partial charge on any atom is -0.481 e. The number of carbonyl (C=O) groups is 1. The van der Waals surface area contributed by atoms with Crippen molar-refractivity contribution in [1.82, 2.24) is 0 Å². The number of rotatable bonds is 4. The van der Waals surface area contributed by atoms with Gasteiger partial charge in [-0.2, -0.15) is 0 Å². The molecule has 0 spiro atoms. The summed E-state index contributed by atoms with van der Waals surface area (Å²) >= 11 is 0. The van der Waals surface area contributed by atoms with Crippen molar-refractivity contribution in [2.75, 3.05) is 0 Å². The van der Waals surface area contributed by atoms with Gasteiger partial charge in [-0.1, -0.05) is 38.1 Å². The van der Waals surface area contributed by atoms with Crippen LogP contribution in [0.1, 0.15) is 44.7 Å². The lowest BCUT2D eigenvalue weighted by Crippen LogP contribution is -2.35. The lowest BCUT2D eigenvalue weighted by atomic mass is 9.83. The summed E-state index contributed by atoms with van der Waals surface area (Å²) in [6.45, 7) is 7.23. The van der Waals surface area contributed by atoms with Gasteiger partial charge in [0, 0.05) is 0 Å². The van der Waals surface area contributed by atoms with Crippen LogP contribution < -0.4 is 0 Å². The number of hydrogen-bond acceptors (Lipinski definition) is 2. The molecule has 0 saturated carbocycles. The molecule has 0 aliphatic rings. The van der Waals surface area contributed by atoms with E-state index in [9.17, 15) is 9.90 Å². The van der Waals surface area contributed by atoms with Gasteiger partial charge in [-0.25, -0.2) is 0 Å². The Kier molecular flexibility index (Phi) is 3.94. The Morgan fingerprint density at radius 3 is 2.00 bits per heavy atom. The predicted molar refractivity (Wildman–Crippen MR) is 66.9 cm³/mol. The van der Waals surface area contributed by atoms with Crippen LogP contribution in [-0.4, -0.2) is 16.2 Å². The number of carboxylic acids is 1. The van der Waals surface area contributed by atoms with Gasteiger partial charge in [0.1, 0.15) is 0 Å². The zero-order valence-corrected chi connectivity index (χ0v) is 10.8. The third kappa shape index (κ3) is 2.86. The first-order chi connectivity index (χ1) is 7.76. The highest BCUT2D eigenvalue weighted by Gasteiger charge is 2.35. The monoisotopic (exact) mass is 236 g/mol. The van der Waals surface area contributed by atoms with Crippen molar-refractivity contribution in [3.05, 3.63) is 35.4 Å². The SMILES string of the molecule is CC(C)c1ccc(C(C)(O)C(C)C(=O)O)cc1. The van der Waals surface area contributed by atoms with Gasteiger partial charge in [0.2, 0.25) is 0 Å². The van der Waals surface area contributed by atoms with E-state index in [2.05, 4.69) is 13.8 Å². The molecule has 0 aromatic heterocycles. The van der Waals surface area contributed by atoms with Crippen molar-refractivity contribution in [3.63, 3.8) is 0 Å². The van der Waals surface area contributed by atoms with Crippen molar-refractivity contribution < 1.29 is 15.0 Å². The summed E-state index contributed by atoms with van der Waals surface area (Å²) in [5.41, 5.74) is 0.464. The fraction of sp³-hybridized carbons (Fsp3) is 0.500. The van der Waals surface area contributed by atoms with E-state index in [0.717, 1.165) is 0 Å². The summed E-state index contributed by atoms with van der Waals surface area (Å²) in [6, 6.07) is 7.47. The average molecular weight is 236 g/mol. The molecule has 2 N–H and O–H groups in total. The molecule has 1 rings (SSSR count). The Bertz CT molecular complexity index is 390. The van der Waals surface area contributed by atoms with Crippen molar-refractivity contribution in [1.29, 1.82) is 0 Å². The fourth-order valence-electron chi connectivity index (χ4n) is 1.70. The smallest absolute Gasteiger partial charge is 0.309 e. The molecule has 1 aromatic carbocycles. The first-order valence-corrected chi connectivity index (χ1v) is 5.82. The molecular formula is C14H20O3. The largest absolute Gasteiger partial charge is 0.481 e. The van der Waals surface area contributed by atoms with Crippen molar-refractivity contribution in [2.24, 2.45) is 5.92 Å². The van der Waals surface area contributed by atoms with E-state index < -0.39 is 17.5 Å². The fourth-order valence-corrected chi connectivity index (χ4v) is 1.70. The predicted octanol–water partition coefficient (Wildman–Crippen LogP) is 2.74. The van der Waals surface area contributed by atoms with E-state index in [1.807, 2.05) is 12.1 Å². The number of aliphatic carboxylic acids is 1. The lowest BCUT2D eigenvalue weighted by Gasteiger charge is -2.28. The standard InChI is InChI=1S/C14H20O3/c1-9(2)11-5-7-12(8-6-11)14(4,17)10(3)13(15)16/h5-10,17H,1-4H3,(H,15,16). The maximum Gasteiger partial charge on any atom is 0.309 e. The van der Waals surface area contributed by atoms with Gasteiger partial charge >= 0.3 is 5.97 Å². The molecule has 0 saturated heterocycles. The maximum absolute atomic E-state index is 10.9. The van der Waals surface area contributed by atoms with Crippen LogP contribution in [0.3, 0.4) is 0 Å². The highest BCUT2D eigenvalue weighted by molar-refractivity contribution is 5.71. The van der Waals surface area contributed by atoms with Gasteiger partial charge in [0.15, 0.2) is 0 Å². The van der Waals surface area contributed by atoms with Crippen LogP contribution in [0.4, 0.5) is 0 Å². The summed E-state index contributed by atoms with van der Waals surface area (Å²) in [5, 5.41) is 19.2. The number of hydrogen-bond donors (Lipinski definition) is 2. The maximum atomic E-state index is 10.9. The van der Waals surface area contributed by atoms with E-state index in [1.54, 1.807) is 12.1 Å². The molecular weight excluding hydrogens is 216 g/mol. The topological polar surface area (TPSA) is 57.5 Å². The summed E-state index contributed by atoms with van der Waals surface area (Å²) in [4.78, 5) is 10.9. The Morgan fingerprint density at radius 2 is 1.65 bits per heavy atom. The second-order valence-electron chi connectivity index (χ2n) is 4.98. The molecule has 3 heteroatoms. The van der Waals surface area contributed by atoms with E-state index in [1.165, 1.54) is 19.4 Å². The highest BCUT2D eigenvalue weighted by atomic mass is 16.4. The zero-order valence-electron chi connectivity index (χ0n) is 10.8. The van der Waals surface area contributed by atoms with Crippen LogP contribution in [0, 0.1) is 5.92 Å². The van der Waals surface area contributed by atoms with Gasteiger partial charge in [-0.05, 0) is 30.9 Å². The first-order valence-electron chi connectivity index (χ1n) is 5.82. The van der Waals surface area contributed by atoms with Crippen molar-refractivity contribution in [3.8, 4) is 0 Å². The minimum atomic E-state index is -1.35. The first kappa shape index (κ1) is 13.7. The van der Waals surface area contributed by atoms with Crippen molar-refractivity contribution >= 4 is 5.97 Å². The molecule has 2 unspecified atom stereocenters. The molecule has 0 heterocycles. The normalized spacial score (nSPS) is 16.6. The third-order valence-corrected chi connectivity index (χ3v) is 3.38. The van der Waals surface area contributed by atoms with Gasteiger partial charge in [0.25, 0.3) is 0 Å². The number of aliphatic hydroxyl groups is 1. The number of benzene rings is 1. The van der Waals surface area contributed by atoms with Crippen LogP contribution in [0.2, 0.25) is 0 Å². The molecule has 1 aromatic rings. The van der Waals surface area contributed by atoms with Crippen LogP contribution in [0.25, 0.3) is 0 Å². The molecule has 0 amide bonds. The van der Waals surface area contributed by atoms with Crippen molar-refractivity contribution in [2.45, 2.75) is 39.2 Å². The molecule has 0 aliphatic heterocycles. The lowest BCUT2D eigenvalue weighted by molar-refractivity contribution is -0.150.